The first-order chi connectivity index (χ1) is 7.65. The molecule has 0 aromatic carbocycles. The minimum Gasteiger partial charge on any atom is -0.383 e. The lowest BCUT2D eigenvalue weighted by Crippen LogP contribution is -2.44. The zero-order chi connectivity index (χ0) is 12.0. The van der Waals surface area contributed by atoms with Gasteiger partial charge in [-0.3, -0.25) is 4.79 Å². The average molecular weight is 228 g/mol. The number of carbonyl (C=O) groups is 1. The van der Waals surface area contributed by atoms with Gasteiger partial charge in [-0.1, -0.05) is 0 Å². The van der Waals surface area contributed by atoms with Gasteiger partial charge < -0.3 is 15.0 Å². The first kappa shape index (κ1) is 13.5. The number of amides is 1. The molecular formula is C12H24N2O2. The van der Waals surface area contributed by atoms with Crippen molar-refractivity contribution in [1.82, 2.24) is 10.2 Å². The van der Waals surface area contributed by atoms with Gasteiger partial charge in [0.2, 0.25) is 5.91 Å². The molecule has 0 aromatic heterocycles. The van der Waals surface area contributed by atoms with Crippen LogP contribution in [0.1, 0.15) is 26.7 Å². The molecule has 4 heteroatoms. The Kier molecular flexibility index (Phi) is 5.77. The third kappa shape index (κ3) is 4.94. The highest BCUT2D eigenvalue weighted by Gasteiger charge is 2.22. The van der Waals surface area contributed by atoms with E-state index in [0.29, 0.717) is 19.7 Å². The standard InChI is InChI=1S/C12H24N2O2/c1-10(2)14(6-7-16-3)12(15)9-13-8-11-4-5-11/h10-11,13H,4-9H2,1-3H3. The normalized spacial score (nSPS) is 15.5. The van der Waals surface area contributed by atoms with Crippen molar-refractivity contribution in [1.29, 1.82) is 0 Å². The molecule has 0 aliphatic heterocycles. The monoisotopic (exact) mass is 228 g/mol. The van der Waals surface area contributed by atoms with Crippen LogP contribution in [0.25, 0.3) is 0 Å². The summed E-state index contributed by atoms with van der Waals surface area (Å²) in [6.07, 6.45) is 2.64. The summed E-state index contributed by atoms with van der Waals surface area (Å²) in [4.78, 5) is 13.8. The summed E-state index contributed by atoms with van der Waals surface area (Å²) in [6, 6.07) is 0.241. The number of nitrogens with one attached hydrogen (secondary N) is 1. The first-order valence-electron chi connectivity index (χ1n) is 6.14. The number of nitrogens with zero attached hydrogens (tertiary/aromatic N) is 1. The summed E-state index contributed by atoms with van der Waals surface area (Å²) in [5, 5.41) is 3.23. The molecule has 1 saturated carbocycles. The number of hydrogen-bond donors (Lipinski definition) is 1. The van der Waals surface area contributed by atoms with Crippen LogP contribution in [-0.2, 0) is 9.53 Å². The van der Waals surface area contributed by atoms with E-state index >= 15 is 0 Å². The summed E-state index contributed by atoms with van der Waals surface area (Å²) < 4.78 is 5.01. The van der Waals surface area contributed by atoms with Gasteiger partial charge in [0.05, 0.1) is 13.2 Å². The molecule has 1 aliphatic carbocycles. The second-order valence-electron chi connectivity index (χ2n) is 4.75. The molecule has 0 unspecified atom stereocenters. The van der Waals surface area contributed by atoms with E-state index in [9.17, 15) is 4.79 Å². The molecule has 16 heavy (non-hydrogen) atoms. The van der Waals surface area contributed by atoms with Crippen molar-refractivity contribution in [2.45, 2.75) is 32.7 Å². The van der Waals surface area contributed by atoms with Crippen LogP contribution in [0, 0.1) is 5.92 Å². The van der Waals surface area contributed by atoms with Crippen molar-refractivity contribution in [3.63, 3.8) is 0 Å². The van der Waals surface area contributed by atoms with Crippen molar-refractivity contribution >= 4 is 5.91 Å². The molecule has 1 amide bonds. The van der Waals surface area contributed by atoms with E-state index in [2.05, 4.69) is 5.32 Å². The lowest BCUT2D eigenvalue weighted by molar-refractivity contribution is -0.132. The van der Waals surface area contributed by atoms with Gasteiger partial charge in [-0.2, -0.15) is 0 Å². The van der Waals surface area contributed by atoms with Gasteiger partial charge in [0.1, 0.15) is 0 Å². The van der Waals surface area contributed by atoms with E-state index in [-0.39, 0.29) is 11.9 Å². The lowest BCUT2D eigenvalue weighted by Gasteiger charge is -2.26. The highest BCUT2D eigenvalue weighted by molar-refractivity contribution is 5.78. The van der Waals surface area contributed by atoms with Crippen LogP contribution >= 0.6 is 0 Å². The van der Waals surface area contributed by atoms with E-state index in [1.807, 2.05) is 18.7 Å². The fraction of sp³-hybridized carbons (Fsp3) is 0.917. The maximum absolute atomic E-state index is 11.9. The van der Waals surface area contributed by atoms with Crippen LogP contribution in [0.5, 0.6) is 0 Å². The van der Waals surface area contributed by atoms with Crippen LogP contribution in [-0.4, -0.2) is 50.2 Å². The molecule has 1 fully saturated rings. The summed E-state index contributed by atoms with van der Waals surface area (Å²) in [5.41, 5.74) is 0. The number of hydrogen-bond acceptors (Lipinski definition) is 3. The second kappa shape index (κ2) is 6.86. The molecule has 0 heterocycles. The minimum atomic E-state index is 0.174. The Morgan fingerprint density at radius 3 is 2.69 bits per heavy atom. The summed E-state index contributed by atoms with van der Waals surface area (Å²) >= 11 is 0. The lowest BCUT2D eigenvalue weighted by atomic mass is 10.3. The van der Waals surface area contributed by atoms with Crippen LogP contribution in [0.2, 0.25) is 0 Å². The number of carbonyl (C=O) groups excluding carboxylic acids is 1. The fourth-order valence-corrected chi connectivity index (χ4v) is 1.67. The first-order valence-corrected chi connectivity index (χ1v) is 6.14. The minimum absolute atomic E-state index is 0.174. The second-order valence-corrected chi connectivity index (χ2v) is 4.75. The van der Waals surface area contributed by atoms with Gasteiger partial charge in [0.15, 0.2) is 0 Å². The smallest absolute Gasteiger partial charge is 0.236 e. The largest absolute Gasteiger partial charge is 0.383 e. The Hall–Kier alpha value is -0.610. The molecule has 4 nitrogen and oxygen atoms in total. The Labute approximate surface area is 98.3 Å². The number of ether oxygens (including phenoxy) is 1. The summed E-state index contributed by atoms with van der Waals surface area (Å²) in [6.45, 7) is 6.80. The third-order valence-corrected chi connectivity index (χ3v) is 2.89. The molecule has 94 valence electrons. The molecule has 0 spiro atoms. The molecular weight excluding hydrogens is 204 g/mol. The molecule has 0 radical (unpaired) electrons. The Bertz CT molecular complexity index is 215. The molecule has 0 bridgehead atoms. The molecule has 0 saturated heterocycles. The van der Waals surface area contributed by atoms with Crippen LogP contribution in [0.4, 0.5) is 0 Å². The highest BCUT2D eigenvalue weighted by Crippen LogP contribution is 2.27. The molecule has 1 rings (SSSR count). The molecule has 0 atom stereocenters. The van der Waals surface area contributed by atoms with Crippen molar-refractivity contribution in [3.8, 4) is 0 Å². The van der Waals surface area contributed by atoms with Crippen molar-refractivity contribution in [2.75, 3.05) is 33.4 Å². The van der Waals surface area contributed by atoms with E-state index in [4.69, 9.17) is 4.74 Å². The molecule has 1 N–H and O–H groups in total. The van der Waals surface area contributed by atoms with Gasteiger partial charge in [-0.05, 0) is 39.2 Å². The fourth-order valence-electron chi connectivity index (χ4n) is 1.67. The van der Waals surface area contributed by atoms with E-state index in [1.54, 1.807) is 7.11 Å². The Morgan fingerprint density at radius 1 is 1.50 bits per heavy atom. The van der Waals surface area contributed by atoms with E-state index in [1.165, 1.54) is 12.8 Å². The zero-order valence-electron chi connectivity index (χ0n) is 10.7. The maximum Gasteiger partial charge on any atom is 0.236 e. The van der Waals surface area contributed by atoms with E-state index < -0.39 is 0 Å². The van der Waals surface area contributed by atoms with Gasteiger partial charge in [-0.15, -0.1) is 0 Å². The van der Waals surface area contributed by atoms with Crippen LogP contribution < -0.4 is 5.32 Å². The third-order valence-electron chi connectivity index (χ3n) is 2.89. The quantitative estimate of drug-likeness (QED) is 0.670. The van der Waals surface area contributed by atoms with Gasteiger partial charge >= 0.3 is 0 Å². The van der Waals surface area contributed by atoms with Crippen molar-refractivity contribution in [3.05, 3.63) is 0 Å². The van der Waals surface area contributed by atoms with Crippen LogP contribution in [0.3, 0.4) is 0 Å². The van der Waals surface area contributed by atoms with Crippen LogP contribution in [0.15, 0.2) is 0 Å². The number of rotatable bonds is 8. The predicted molar refractivity (Wildman–Crippen MR) is 64.3 cm³/mol. The van der Waals surface area contributed by atoms with Crippen molar-refractivity contribution < 1.29 is 9.53 Å². The number of methoxy groups -OCH3 is 1. The average Bonchev–Trinajstić information content (AvgIpc) is 3.02. The topological polar surface area (TPSA) is 41.6 Å². The maximum atomic E-state index is 11.9. The van der Waals surface area contributed by atoms with Gasteiger partial charge in [0, 0.05) is 19.7 Å². The summed E-state index contributed by atoms with van der Waals surface area (Å²) in [5.74, 6) is 0.993. The SMILES string of the molecule is COCCN(C(=O)CNCC1CC1)C(C)C. The van der Waals surface area contributed by atoms with Gasteiger partial charge in [0.25, 0.3) is 0 Å². The predicted octanol–water partition coefficient (Wildman–Crippen LogP) is 0.869. The highest BCUT2D eigenvalue weighted by atomic mass is 16.5. The molecule has 1 aliphatic rings. The van der Waals surface area contributed by atoms with E-state index in [0.717, 1.165) is 12.5 Å². The van der Waals surface area contributed by atoms with Gasteiger partial charge in [-0.25, -0.2) is 0 Å². The molecule has 0 aromatic rings. The van der Waals surface area contributed by atoms with Crippen molar-refractivity contribution in [2.24, 2.45) is 5.92 Å². The summed E-state index contributed by atoms with van der Waals surface area (Å²) in [7, 11) is 1.66. The Balaban J connectivity index is 2.21. The Morgan fingerprint density at radius 2 is 2.19 bits per heavy atom. The zero-order valence-corrected chi connectivity index (χ0v) is 10.7.